The van der Waals surface area contributed by atoms with Gasteiger partial charge in [-0.05, 0) is 110 Å². The van der Waals surface area contributed by atoms with Crippen molar-refractivity contribution in [3.8, 4) is 0 Å². The number of allylic oxidation sites excluding steroid dienone is 2. The van der Waals surface area contributed by atoms with Crippen LogP contribution < -0.4 is 0 Å². The number of hydrogen-bond donors (Lipinski definition) is 12. The van der Waals surface area contributed by atoms with E-state index in [1.165, 1.54) is 6.92 Å². The average Bonchev–Trinajstić information content (AvgIpc) is 3.62. The summed E-state index contributed by atoms with van der Waals surface area (Å²) in [5, 5.41) is 129. The molecule has 0 aromatic heterocycles. The molecule has 9 aliphatic rings. The molecule has 0 bridgehead atoms. The van der Waals surface area contributed by atoms with Crippen LogP contribution >= 0.6 is 0 Å². The minimum absolute atomic E-state index is 0.0881. The van der Waals surface area contributed by atoms with E-state index in [2.05, 4.69) is 54.5 Å². The van der Waals surface area contributed by atoms with Gasteiger partial charge in [-0.2, -0.15) is 0 Å². The van der Waals surface area contributed by atoms with Crippen molar-refractivity contribution in [1.29, 1.82) is 0 Å². The van der Waals surface area contributed by atoms with Gasteiger partial charge in [-0.3, -0.25) is 4.79 Å². The molecule has 74 heavy (non-hydrogen) atoms. The Hall–Kier alpha value is -2.04. The molecule has 12 N–H and O–H groups in total. The molecule has 8 fully saturated rings. The van der Waals surface area contributed by atoms with Crippen molar-refractivity contribution in [2.45, 2.75) is 236 Å². The van der Waals surface area contributed by atoms with E-state index in [1.807, 2.05) is 0 Å². The van der Waals surface area contributed by atoms with Gasteiger partial charge in [0.05, 0.1) is 31.5 Å². The Bertz CT molecular complexity index is 2110. The molecule has 22 nitrogen and oxygen atoms in total. The van der Waals surface area contributed by atoms with Crippen LogP contribution in [0.15, 0.2) is 11.6 Å². The average molecular weight is 1060 g/mol. The van der Waals surface area contributed by atoms with Crippen LogP contribution in [-0.4, -0.2) is 209 Å². The van der Waals surface area contributed by atoms with E-state index >= 15 is 4.79 Å². The smallest absolute Gasteiger partial charge is 0.335 e. The van der Waals surface area contributed by atoms with Gasteiger partial charge in [0, 0.05) is 0 Å². The summed E-state index contributed by atoms with van der Waals surface area (Å²) in [5.74, 6) is -2.53. The van der Waals surface area contributed by atoms with Crippen molar-refractivity contribution in [3.63, 3.8) is 0 Å². The number of hydrogen-bond acceptors (Lipinski definition) is 21. The zero-order valence-corrected chi connectivity index (χ0v) is 43.6. The number of ether oxygens (including phenoxy) is 8. The number of esters is 1. The molecule has 0 aromatic carbocycles. The van der Waals surface area contributed by atoms with Crippen LogP contribution in [0.1, 0.15) is 113 Å². The van der Waals surface area contributed by atoms with E-state index < -0.39 is 164 Å². The molecular weight excluding hydrogens is 977 g/mol. The monoisotopic (exact) mass is 1060 g/mol. The molecule has 0 spiro atoms. The SMILES string of the molecule is CC1OC(OC2C(OC(=O)C34CCC(C)(C)CC3C3=CCC5C6(C)CCC(OC7OC(C(=O)O)C(O)C(O)C7O)C(C)(C)C6CCC5(C)C3(C)CC4O)OC(CO)C2O)C(O)C(O)C1OC1OCC(O)C(O)C1O. The van der Waals surface area contributed by atoms with Crippen LogP contribution in [0, 0.1) is 50.2 Å². The van der Waals surface area contributed by atoms with Crippen LogP contribution in [0.25, 0.3) is 0 Å². The summed E-state index contributed by atoms with van der Waals surface area (Å²) in [7, 11) is 0. The van der Waals surface area contributed by atoms with Gasteiger partial charge < -0.3 is 99.2 Å². The number of carbonyl (C=O) groups is 2. The van der Waals surface area contributed by atoms with Crippen LogP contribution in [-0.2, 0) is 47.5 Å². The number of aliphatic hydroxyl groups excluding tert-OH is 11. The van der Waals surface area contributed by atoms with Gasteiger partial charge in [0.1, 0.15) is 72.6 Å². The topological polar surface area (TPSA) is 351 Å². The first-order valence-electron chi connectivity index (χ1n) is 26.6. The largest absolute Gasteiger partial charge is 0.479 e. The summed E-state index contributed by atoms with van der Waals surface area (Å²) in [4.78, 5) is 27.2. The molecule has 27 atom stereocenters. The van der Waals surface area contributed by atoms with Crippen LogP contribution in [0.2, 0.25) is 0 Å². The third-order valence-electron chi connectivity index (χ3n) is 20.6. The van der Waals surface area contributed by atoms with E-state index in [4.69, 9.17) is 37.9 Å². The fourth-order valence-corrected chi connectivity index (χ4v) is 16.1. The quantitative estimate of drug-likeness (QED) is 0.0734. The molecule has 4 saturated heterocycles. The number of carboxylic acids is 1. The summed E-state index contributed by atoms with van der Waals surface area (Å²) in [5.41, 5.74) is -2.34. The van der Waals surface area contributed by atoms with Crippen molar-refractivity contribution in [2.24, 2.45) is 50.2 Å². The Morgan fingerprint density at radius 3 is 1.99 bits per heavy atom. The van der Waals surface area contributed by atoms with Crippen molar-refractivity contribution in [3.05, 3.63) is 11.6 Å². The van der Waals surface area contributed by atoms with E-state index in [1.54, 1.807) is 0 Å². The number of rotatable bonds is 10. The highest BCUT2D eigenvalue weighted by Crippen LogP contribution is 2.76. The second-order valence-electron chi connectivity index (χ2n) is 25.5. The summed E-state index contributed by atoms with van der Waals surface area (Å²) in [6, 6.07) is 0. The van der Waals surface area contributed by atoms with E-state index in [0.29, 0.717) is 32.1 Å². The Labute approximate surface area is 430 Å². The number of carbonyl (C=O) groups excluding carboxylic acids is 1. The molecule has 4 aliphatic heterocycles. The van der Waals surface area contributed by atoms with Crippen molar-refractivity contribution in [1.82, 2.24) is 0 Å². The lowest BCUT2D eigenvalue weighted by Gasteiger charge is -2.71. The highest BCUT2D eigenvalue weighted by molar-refractivity contribution is 5.80. The maximum absolute atomic E-state index is 15.3. The molecule has 0 radical (unpaired) electrons. The number of carboxylic acid groups (broad SMARTS) is 1. The van der Waals surface area contributed by atoms with Crippen molar-refractivity contribution < 1.29 is 109 Å². The van der Waals surface area contributed by atoms with E-state index in [-0.39, 0.29) is 47.5 Å². The molecule has 4 saturated carbocycles. The number of fused-ring (bicyclic) bond motifs is 7. The maximum Gasteiger partial charge on any atom is 0.335 e. The van der Waals surface area contributed by atoms with Gasteiger partial charge in [0.15, 0.2) is 31.1 Å². The summed E-state index contributed by atoms with van der Waals surface area (Å²) >= 11 is 0. The Morgan fingerprint density at radius 2 is 1.31 bits per heavy atom. The normalized spacial score (nSPS) is 53.9. The summed E-state index contributed by atoms with van der Waals surface area (Å²) in [6.45, 7) is 15.8. The van der Waals surface area contributed by atoms with E-state index in [0.717, 1.165) is 18.4 Å². The first kappa shape index (κ1) is 56.7. The molecule has 4 heterocycles. The Kier molecular flexibility index (Phi) is 15.3. The van der Waals surface area contributed by atoms with Gasteiger partial charge in [0.25, 0.3) is 0 Å². The lowest BCUT2D eigenvalue weighted by atomic mass is 9.33. The first-order valence-corrected chi connectivity index (χ1v) is 26.6. The molecule has 0 aromatic rings. The zero-order valence-electron chi connectivity index (χ0n) is 43.6. The summed E-state index contributed by atoms with van der Waals surface area (Å²) in [6.07, 6.45) is -22.8. The van der Waals surface area contributed by atoms with Gasteiger partial charge in [-0.15, -0.1) is 0 Å². The molecule has 9 rings (SSSR count). The minimum Gasteiger partial charge on any atom is -0.479 e. The highest BCUT2D eigenvalue weighted by Gasteiger charge is 2.72. The second kappa shape index (κ2) is 19.9. The van der Waals surface area contributed by atoms with Gasteiger partial charge in [-0.1, -0.05) is 60.1 Å². The molecular formula is C52H82O22. The van der Waals surface area contributed by atoms with Gasteiger partial charge in [0.2, 0.25) is 6.29 Å². The summed E-state index contributed by atoms with van der Waals surface area (Å²) < 4.78 is 47.3. The van der Waals surface area contributed by atoms with Crippen LogP contribution in [0.3, 0.4) is 0 Å². The van der Waals surface area contributed by atoms with E-state index in [9.17, 15) is 66.1 Å². The second-order valence-corrected chi connectivity index (χ2v) is 25.5. The Morgan fingerprint density at radius 1 is 0.662 bits per heavy atom. The predicted octanol–water partition coefficient (Wildman–Crippen LogP) is -0.666. The third-order valence-corrected chi connectivity index (χ3v) is 20.6. The first-order chi connectivity index (χ1) is 34.5. The van der Waals surface area contributed by atoms with Crippen LogP contribution in [0.4, 0.5) is 0 Å². The maximum atomic E-state index is 15.3. The predicted molar refractivity (Wildman–Crippen MR) is 251 cm³/mol. The fraction of sp³-hybridized carbons (Fsp3) is 0.923. The Balaban J connectivity index is 0.944. The number of aliphatic carboxylic acids is 1. The van der Waals surface area contributed by atoms with Crippen molar-refractivity contribution in [2.75, 3.05) is 13.2 Å². The molecule has 5 aliphatic carbocycles. The third kappa shape index (κ3) is 8.84. The lowest BCUT2D eigenvalue weighted by molar-refractivity contribution is -0.354. The van der Waals surface area contributed by atoms with Crippen LogP contribution in [0.5, 0.6) is 0 Å². The molecule has 27 unspecified atom stereocenters. The molecule has 22 heteroatoms. The fourth-order valence-electron chi connectivity index (χ4n) is 16.1. The number of aliphatic hydroxyl groups is 11. The highest BCUT2D eigenvalue weighted by atomic mass is 16.8. The van der Waals surface area contributed by atoms with Gasteiger partial charge in [-0.25, -0.2) is 4.79 Å². The lowest BCUT2D eigenvalue weighted by Crippen LogP contribution is -2.68. The van der Waals surface area contributed by atoms with Gasteiger partial charge >= 0.3 is 11.9 Å². The molecule has 422 valence electrons. The molecule has 0 amide bonds. The standard InChI is InChI=1S/C52H82O22/c1-21-38(71-42-35(61)30(56)24(54)20-67-42)34(60)37(63)43(68-21)73-40-31(57)25(19-53)69-45(40)74-46(66)52-16-15-47(2,3)17-23(52)22-9-10-27-49(6)13-12-29(70-44-36(62)32(58)33(59)39(72-44)41(64)65)48(4,5)26(49)11-14-50(27,7)51(22,8)18-28(52)55/h9,21,23-40,42-45,53-63H,10-20H2,1-8H3,(H,64,65). The zero-order chi connectivity index (χ0) is 54.2. The van der Waals surface area contributed by atoms with Crippen molar-refractivity contribution >= 4 is 11.9 Å². The minimum atomic E-state index is -1.86.